The van der Waals surface area contributed by atoms with Crippen LogP contribution in [0.1, 0.15) is 41.4 Å². The van der Waals surface area contributed by atoms with Crippen molar-refractivity contribution in [2.45, 2.75) is 24.4 Å². The molecule has 14 N–H and O–H groups in total. The van der Waals surface area contributed by atoms with Crippen molar-refractivity contribution in [2.24, 2.45) is 0 Å². The quantitative estimate of drug-likeness (QED) is 0.0685. The van der Waals surface area contributed by atoms with E-state index in [0.717, 1.165) is 4.90 Å². The molecule has 318 valence electrons. The second-order valence-corrected chi connectivity index (χ2v) is 18.1. The van der Waals surface area contributed by atoms with Gasteiger partial charge in [0.15, 0.2) is 0 Å². The number of benzene rings is 2. The highest BCUT2D eigenvalue weighted by Gasteiger charge is 2.34. The molecule has 0 aliphatic carbocycles. The summed E-state index contributed by atoms with van der Waals surface area (Å²) in [5, 5.41) is 99.3. The summed E-state index contributed by atoms with van der Waals surface area (Å²) in [6.07, 6.45) is -5.30. The molecular weight excluding hydrogens is 1440 g/mol. The second kappa shape index (κ2) is 25.5. The maximum absolute atomic E-state index is 14.5. The Morgan fingerprint density at radius 1 is 0.474 bits per heavy atom. The van der Waals surface area contributed by atoms with Crippen LogP contribution in [-0.4, -0.2) is 166 Å². The van der Waals surface area contributed by atoms with Crippen molar-refractivity contribution in [2.75, 3.05) is 76.0 Å². The molecule has 0 saturated heterocycles. The van der Waals surface area contributed by atoms with E-state index in [4.69, 9.17) is 0 Å². The number of aliphatic hydroxyl groups is 9. The molecule has 6 amide bonds. The molecule has 0 fully saturated rings. The lowest BCUT2D eigenvalue weighted by atomic mass is 10.1. The number of rotatable bonds is 20. The molecule has 2 aromatic rings. The number of anilines is 2. The van der Waals surface area contributed by atoms with Gasteiger partial charge in [-0.1, -0.05) is 0 Å². The molecule has 0 spiro atoms. The first-order valence-corrected chi connectivity index (χ1v) is 22.7. The van der Waals surface area contributed by atoms with Crippen LogP contribution in [0.5, 0.6) is 0 Å². The number of hydrogen-bond acceptors (Lipinski definition) is 14. The number of carbonyl (C=O) groups excluding carboxylic acids is 5. The van der Waals surface area contributed by atoms with Crippen LogP contribution in [0.2, 0.25) is 0 Å². The SMILES string of the molecule is O=C(NCC(O)CO)c1c(I)c(NC(=O)N(CCO)c2c(I)c(C(=O)NCC(O)CO)c(I)c(C(=O)NCC(O)CO)c2I)c(I)c(C(=O)NCC(O)CO)c1I. The zero-order valence-corrected chi connectivity index (χ0v) is 42.1. The lowest BCUT2D eigenvalue weighted by molar-refractivity contribution is 0.0792. The number of hydrogen-bond donors (Lipinski definition) is 14. The summed E-state index contributed by atoms with van der Waals surface area (Å²) < 4.78 is 0.614. The molecule has 0 aromatic heterocycles. The number of halogens is 6. The van der Waals surface area contributed by atoms with Crippen molar-refractivity contribution in [3.63, 3.8) is 0 Å². The zero-order chi connectivity index (χ0) is 43.3. The average Bonchev–Trinajstić information content (AvgIpc) is 3.17. The van der Waals surface area contributed by atoms with Crippen LogP contribution in [-0.2, 0) is 0 Å². The van der Waals surface area contributed by atoms with E-state index in [9.17, 15) is 69.9 Å². The number of urea groups is 1. The maximum atomic E-state index is 14.5. The number of nitrogens with zero attached hydrogens (tertiary/aromatic N) is 1. The van der Waals surface area contributed by atoms with Gasteiger partial charge in [0.2, 0.25) is 0 Å². The van der Waals surface area contributed by atoms with Gasteiger partial charge in [-0.2, -0.15) is 0 Å². The van der Waals surface area contributed by atoms with E-state index in [1.54, 1.807) is 136 Å². The Bertz CT molecular complexity index is 1710. The van der Waals surface area contributed by atoms with Crippen molar-refractivity contribution in [1.82, 2.24) is 21.3 Å². The van der Waals surface area contributed by atoms with E-state index in [2.05, 4.69) is 26.6 Å². The zero-order valence-electron chi connectivity index (χ0n) is 29.2. The van der Waals surface area contributed by atoms with Crippen molar-refractivity contribution in [1.29, 1.82) is 0 Å². The van der Waals surface area contributed by atoms with E-state index in [0.29, 0.717) is 0 Å². The number of nitrogens with one attached hydrogen (secondary N) is 5. The molecule has 57 heavy (non-hydrogen) atoms. The highest BCUT2D eigenvalue weighted by molar-refractivity contribution is 14.1. The lowest BCUT2D eigenvalue weighted by Crippen LogP contribution is -2.41. The highest BCUT2D eigenvalue weighted by atomic mass is 127. The third-order valence-corrected chi connectivity index (χ3v) is 13.8. The van der Waals surface area contributed by atoms with E-state index >= 15 is 0 Å². The summed E-state index contributed by atoms with van der Waals surface area (Å²) in [7, 11) is 0. The summed E-state index contributed by atoms with van der Waals surface area (Å²) in [5.74, 6) is -3.22. The summed E-state index contributed by atoms with van der Waals surface area (Å²) in [5.41, 5.74) is -0.632. The molecule has 0 bridgehead atoms. The first-order chi connectivity index (χ1) is 26.8. The van der Waals surface area contributed by atoms with Crippen molar-refractivity contribution in [3.8, 4) is 0 Å². The molecule has 2 aromatic carbocycles. The van der Waals surface area contributed by atoms with Gasteiger partial charge in [0, 0.05) is 33.3 Å². The van der Waals surface area contributed by atoms with Crippen LogP contribution in [0.4, 0.5) is 16.2 Å². The fourth-order valence-corrected chi connectivity index (χ4v) is 13.6. The summed E-state index contributed by atoms with van der Waals surface area (Å²) in [6, 6.07) is -0.980. The largest absolute Gasteiger partial charge is 0.395 e. The molecule has 4 atom stereocenters. The Labute approximate surface area is 406 Å². The van der Waals surface area contributed by atoms with Gasteiger partial charge in [-0.25, -0.2) is 4.79 Å². The number of carbonyl (C=O) groups is 5. The van der Waals surface area contributed by atoms with Gasteiger partial charge >= 0.3 is 6.03 Å². The third-order valence-electron chi connectivity index (χ3n) is 7.43. The number of aliphatic hydroxyl groups excluding tert-OH is 9. The van der Waals surface area contributed by atoms with Gasteiger partial charge in [0.25, 0.3) is 23.6 Å². The maximum Gasteiger partial charge on any atom is 0.326 e. The monoisotopic (exact) mass is 1480 g/mol. The van der Waals surface area contributed by atoms with Crippen LogP contribution in [0.25, 0.3) is 0 Å². The molecule has 20 nitrogen and oxygen atoms in total. The molecular formula is C31H38I6N6O14. The minimum atomic E-state index is -1.33. The standard InChI is InChI=1S/C31H38I6N6O14/c32-19-15(27(53)38-3-11(49)7-45)21(34)25(22(35)16(19)28(54)39-4-12(50)8-46)42-31(57)43(1-2-44)26-23(36)17(29(55)40-5-13(51)9-47)20(33)18(24(26)37)30(56)41-6-14(52)10-48/h11-14,44-52H,1-10H2,(H,38,53)(H,39,54)(H,40,55)(H,41,56)(H,42,57). The van der Waals surface area contributed by atoms with E-state index in [1.807, 2.05) is 0 Å². The predicted molar refractivity (Wildman–Crippen MR) is 254 cm³/mol. The van der Waals surface area contributed by atoms with Crippen LogP contribution in [0.15, 0.2) is 0 Å². The molecule has 2 rings (SSSR count). The van der Waals surface area contributed by atoms with Crippen molar-refractivity contribution in [3.05, 3.63) is 43.7 Å². The fraction of sp³-hybridized carbons (Fsp3) is 0.452. The van der Waals surface area contributed by atoms with Gasteiger partial charge in [0.1, 0.15) is 0 Å². The first-order valence-electron chi connectivity index (χ1n) is 16.2. The summed E-state index contributed by atoms with van der Waals surface area (Å²) >= 11 is 10.6. The predicted octanol–water partition coefficient (Wildman–Crippen LogP) is -1.32. The minimum absolute atomic E-state index is 0.0497. The minimum Gasteiger partial charge on any atom is -0.395 e. The molecule has 0 aliphatic rings. The summed E-state index contributed by atoms with van der Waals surface area (Å²) in [6.45, 7) is -5.29. The van der Waals surface area contributed by atoms with Gasteiger partial charge in [-0.05, 0) is 136 Å². The Balaban J connectivity index is 2.91. The average molecular weight is 1480 g/mol. The number of amides is 6. The first kappa shape index (κ1) is 52.7. The van der Waals surface area contributed by atoms with Crippen LogP contribution < -0.4 is 31.5 Å². The van der Waals surface area contributed by atoms with E-state index in [-0.39, 0.29) is 81.2 Å². The van der Waals surface area contributed by atoms with Gasteiger partial charge < -0.3 is 72.5 Å². The van der Waals surface area contributed by atoms with Gasteiger partial charge in [0.05, 0.1) is 112 Å². The molecule has 0 saturated carbocycles. The Morgan fingerprint density at radius 2 is 0.754 bits per heavy atom. The van der Waals surface area contributed by atoms with E-state index in [1.165, 1.54) is 0 Å². The lowest BCUT2D eigenvalue weighted by Gasteiger charge is -2.29. The molecule has 0 radical (unpaired) electrons. The molecule has 0 heterocycles. The van der Waals surface area contributed by atoms with Gasteiger partial charge in [-0.15, -0.1) is 0 Å². The van der Waals surface area contributed by atoms with Crippen molar-refractivity contribution < 1.29 is 69.9 Å². The van der Waals surface area contributed by atoms with Gasteiger partial charge in [-0.3, -0.25) is 24.1 Å². The second-order valence-electron chi connectivity index (χ2n) is 11.6. The highest BCUT2D eigenvalue weighted by Crippen LogP contribution is 2.40. The third kappa shape index (κ3) is 14.1. The molecule has 4 unspecified atom stereocenters. The Kier molecular flexibility index (Phi) is 23.6. The normalized spacial score (nSPS) is 13.2. The Morgan fingerprint density at radius 3 is 1.02 bits per heavy atom. The van der Waals surface area contributed by atoms with Crippen molar-refractivity contribution >= 4 is 177 Å². The van der Waals surface area contributed by atoms with Crippen LogP contribution >= 0.6 is 136 Å². The molecule has 26 heteroatoms. The smallest absolute Gasteiger partial charge is 0.326 e. The van der Waals surface area contributed by atoms with E-state index < -0.39 is 93.7 Å². The summed E-state index contributed by atoms with van der Waals surface area (Å²) in [4.78, 5) is 69.8. The topological polar surface area (TPSA) is 331 Å². The fourth-order valence-electron chi connectivity index (χ4n) is 4.50. The van der Waals surface area contributed by atoms with Crippen LogP contribution in [0, 0.1) is 21.4 Å². The Hall–Kier alpha value is -0.390. The van der Waals surface area contributed by atoms with Crippen LogP contribution in [0.3, 0.4) is 0 Å². The molecule has 0 aliphatic heterocycles.